The van der Waals surface area contributed by atoms with Crippen molar-refractivity contribution in [3.63, 3.8) is 0 Å². The molecular formula is C16H19N3O3S2. The van der Waals surface area contributed by atoms with E-state index in [0.717, 1.165) is 33.9 Å². The molecule has 2 atom stereocenters. The van der Waals surface area contributed by atoms with Crippen molar-refractivity contribution < 1.29 is 9.72 Å². The highest BCUT2D eigenvalue weighted by molar-refractivity contribution is 8.01. The van der Waals surface area contributed by atoms with Gasteiger partial charge in [0.15, 0.2) is 4.34 Å². The van der Waals surface area contributed by atoms with Crippen LogP contribution in [0.15, 0.2) is 22.5 Å². The maximum Gasteiger partial charge on any atom is 0.270 e. The average Bonchev–Trinajstić information content (AvgIpc) is 2.94. The molecule has 128 valence electrons. The third kappa shape index (κ3) is 3.70. The van der Waals surface area contributed by atoms with Crippen LogP contribution in [0.4, 0.5) is 5.69 Å². The van der Waals surface area contributed by atoms with E-state index in [0.29, 0.717) is 17.7 Å². The molecule has 24 heavy (non-hydrogen) atoms. The summed E-state index contributed by atoms with van der Waals surface area (Å²) < 4.78 is 1.55. The van der Waals surface area contributed by atoms with E-state index in [1.54, 1.807) is 6.07 Å². The van der Waals surface area contributed by atoms with Gasteiger partial charge in [-0.3, -0.25) is 14.9 Å². The van der Waals surface area contributed by atoms with Crippen molar-refractivity contribution in [3.8, 4) is 0 Å². The quantitative estimate of drug-likeness (QED) is 0.466. The second kappa shape index (κ2) is 7.06. The van der Waals surface area contributed by atoms with Crippen LogP contribution in [0.1, 0.15) is 26.7 Å². The Hall–Kier alpha value is -1.67. The molecule has 3 rings (SSSR count). The first-order chi connectivity index (χ1) is 11.4. The first-order valence-corrected chi connectivity index (χ1v) is 9.71. The number of benzene rings is 1. The van der Waals surface area contributed by atoms with Crippen LogP contribution in [0.25, 0.3) is 10.2 Å². The molecule has 0 spiro atoms. The van der Waals surface area contributed by atoms with Crippen LogP contribution in [-0.4, -0.2) is 39.1 Å². The minimum Gasteiger partial charge on any atom is -0.339 e. The molecule has 1 saturated heterocycles. The van der Waals surface area contributed by atoms with Crippen LogP contribution in [0.2, 0.25) is 0 Å². The van der Waals surface area contributed by atoms with E-state index in [4.69, 9.17) is 0 Å². The summed E-state index contributed by atoms with van der Waals surface area (Å²) in [5, 5.41) is 10.8. The zero-order chi connectivity index (χ0) is 17.3. The lowest BCUT2D eigenvalue weighted by Crippen LogP contribution is -2.44. The molecule has 1 aromatic carbocycles. The Morgan fingerprint density at radius 2 is 2.29 bits per heavy atom. The molecule has 0 saturated carbocycles. The van der Waals surface area contributed by atoms with E-state index in [9.17, 15) is 14.9 Å². The monoisotopic (exact) mass is 365 g/mol. The number of non-ortho nitro benzene ring substituents is 1. The van der Waals surface area contributed by atoms with E-state index in [2.05, 4.69) is 18.8 Å². The maximum absolute atomic E-state index is 12.4. The van der Waals surface area contributed by atoms with Crippen LogP contribution in [0.5, 0.6) is 0 Å². The van der Waals surface area contributed by atoms with Gasteiger partial charge in [-0.25, -0.2) is 4.98 Å². The molecular weight excluding hydrogens is 346 g/mol. The molecule has 2 heterocycles. The number of rotatable bonds is 4. The summed E-state index contributed by atoms with van der Waals surface area (Å²) in [6.07, 6.45) is 2.12. The number of carbonyl (C=O) groups excluding carboxylic acids is 1. The fourth-order valence-electron chi connectivity index (χ4n) is 3.05. The minimum absolute atomic E-state index is 0.0648. The van der Waals surface area contributed by atoms with Gasteiger partial charge in [0.25, 0.3) is 5.69 Å². The van der Waals surface area contributed by atoms with E-state index in [1.807, 2.05) is 4.90 Å². The van der Waals surface area contributed by atoms with Crippen molar-refractivity contribution in [2.24, 2.45) is 5.92 Å². The third-order valence-corrected chi connectivity index (χ3v) is 6.49. The van der Waals surface area contributed by atoms with Crippen molar-refractivity contribution in [2.75, 3.05) is 12.3 Å². The smallest absolute Gasteiger partial charge is 0.270 e. The second-order valence-corrected chi connectivity index (χ2v) is 8.50. The number of hydrogen-bond donors (Lipinski definition) is 0. The van der Waals surface area contributed by atoms with E-state index in [-0.39, 0.29) is 11.6 Å². The molecule has 1 amide bonds. The molecule has 0 radical (unpaired) electrons. The highest BCUT2D eigenvalue weighted by atomic mass is 32.2. The van der Waals surface area contributed by atoms with Crippen molar-refractivity contribution in [3.05, 3.63) is 28.3 Å². The number of aromatic nitrogens is 1. The Morgan fingerprint density at radius 1 is 1.50 bits per heavy atom. The van der Waals surface area contributed by atoms with Gasteiger partial charge in [0.2, 0.25) is 5.91 Å². The summed E-state index contributed by atoms with van der Waals surface area (Å²) in [4.78, 5) is 29.3. The predicted octanol–water partition coefficient (Wildman–Crippen LogP) is 3.94. The molecule has 0 aliphatic carbocycles. The summed E-state index contributed by atoms with van der Waals surface area (Å²) in [7, 11) is 0. The van der Waals surface area contributed by atoms with Crippen LogP contribution in [0.3, 0.4) is 0 Å². The summed E-state index contributed by atoms with van der Waals surface area (Å²) in [5.41, 5.74) is 0.802. The number of thiazole rings is 1. The topological polar surface area (TPSA) is 76.3 Å². The number of likely N-dealkylation sites (tertiary alicyclic amines) is 1. The summed E-state index contributed by atoms with van der Waals surface area (Å²) in [6.45, 7) is 5.16. The molecule has 6 nitrogen and oxygen atoms in total. The van der Waals surface area contributed by atoms with Crippen LogP contribution < -0.4 is 0 Å². The van der Waals surface area contributed by atoms with Crippen LogP contribution in [0, 0.1) is 16.0 Å². The van der Waals surface area contributed by atoms with Crippen molar-refractivity contribution in [2.45, 2.75) is 37.1 Å². The number of nitrogens with zero attached hydrogens (tertiary/aromatic N) is 3. The zero-order valence-electron chi connectivity index (χ0n) is 13.6. The highest BCUT2D eigenvalue weighted by Gasteiger charge is 2.26. The fourth-order valence-corrected chi connectivity index (χ4v) is 5.04. The van der Waals surface area contributed by atoms with Crippen molar-refractivity contribution >= 4 is 44.9 Å². The molecule has 1 aromatic heterocycles. The molecule has 2 aromatic rings. The van der Waals surface area contributed by atoms with Crippen LogP contribution in [-0.2, 0) is 4.79 Å². The van der Waals surface area contributed by atoms with E-state index >= 15 is 0 Å². The standard InChI is InChI=1S/C16H19N3O3S2/c1-10-5-6-18(11(2)7-10)15(20)9-23-16-17-13-4-3-12(19(21)22)8-14(13)24-16/h3-4,8,10-11H,5-7,9H2,1-2H3/t10-,11-/m1/s1. The molecule has 1 fully saturated rings. The molecule has 0 unspecified atom stereocenters. The number of piperidine rings is 1. The summed E-state index contributed by atoms with van der Waals surface area (Å²) in [5.74, 6) is 1.18. The van der Waals surface area contributed by atoms with Gasteiger partial charge in [-0.15, -0.1) is 11.3 Å². The lowest BCUT2D eigenvalue weighted by Gasteiger charge is -2.36. The first-order valence-electron chi connectivity index (χ1n) is 7.91. The Bertz CT molecular complexity index is 777. The molecule has 1 aliphatic rings. The van der Waals surface area contributed by atoms with Crippen molar-refractivity contribution in [1.82, 2.24) is 9.88 Å². The number of hydrogen-bond acceptors (Lipinski definition) is 6. The number of thioether (sulfide) groups is 1. The first kappa shape index (κ1) is 17.2. The second-order valence-electron chi connectivity index (χ2n) is 6.24. The van der Waals surface area contributed by atoms with E-state index in [1.165, 1.54) is 35.2 Å². The lowest BCUT2D eigenvalue weighted by atomic mass is 9.93. The van der Waals surface area contributed by atoms with E-state index < -0.39 is 4.92 Å². The highest BCUT2D eigenvalue weighted by Crippen LogP contribution is 2.32. The summed E-state index contributed by atoms with van der Waals surface area (Å²) in [6, 6.07) is 4.94. The molecule has 0 bridgehead atoms. The number of nitro groups is 1. The Balaban J connectivity index is 1.65. The maximum atomic E-state index is 12.4. The predicted molar refractivity (Wildman–Crippen MR) is 96.6 cm³/mol. The molecule has 1 aliphatic heterocycles. The number of fused-ring (bicyclic) bond motifs is 1. The Labute approximate surface area is 148 Å². The third-order valence-electron chi connectivity index (χ3n) is 4.34. The van der Waals surface area contributed by atoms with Crippen LogP contribution >= 0.6 is 23.1 Å². The van der Waals surface area contributed by atoms with Gasteiger partial charge in [-0.05, 0) is 31.7 Å². The van der Waals surface area contributed by atoms with Gasteiger partial charge in [-0.2, -0.15) is 0 Å². The van der Waals surface area contributed by atoms with Gasteiger partial charge in [0, 0.05) is 24.7 Å². The number of amides is 1. The van der Waals surface area contributed by atoms with Gasteiger partial charge in [0.1, 0.15) is 0 Å². The average molecular weight is 365 g/mol. The Kier molecular flexibility index (Phi) is 5.05. The fraction of sp³-hybridized carbons (Fsp3) is 0.500. The molecule has 8 heteroatoms. The van der Waals surface area contributed by atoms with Gasteiger partial charge in [-0.1, -0.05) is 18.7 Å². The van der Waals surface area contributed by atoms with Crippen molar-refractivity contribution in [1.29, 1.82) is 0 Å². The zero-order valence-corrected chi connectivity index (χ0v) is 15.2. The van der Waals surface area contributed by atoms with Gasteiger partial charge >= 0.3 is 0 Å². The summed E-state index contributed by atoms with van der Waals surface area (Å²) >= 11 is 2.81. The largest absolute Gasteiger partial charge is 0.339 e. The molecule has 0 N–H and O–H groups in total. The minimum atomic E-state index is -0.408. The number of nitro benzene ring substituents is 1. The SMILES string of the molecule is C[C@@H]1CCN(C(=O)CSc2nc3ccc([N+](=O)[O-])cc3s2)[C@H](C)C1. The van der Waals surface area contributed by atoms with Gasteiger partial charge in [0.05, 0.1) is 20.9 Å². The Morgan fingerprint density at radius 3 is 3.00 bits per heavy atom. The normalized spacial score (nSPS) is 21.2. The lowest BCUT2D eigenvalue weighted by molar-refractivity contribution is -0.384. The van der Waals surface area contributed by atoms with Gasteiger partial charge < -0.3 is 4.90 Å². The number of carbonyl (C=O) groups is 1.